The Bertz CT molecular complexity index is 1280. The van der Waals surface area contributed by atoms with Gasteiger partial charge in [0.25, 0.3) is 21.6 Å². The lowest BCUT2D eigenvalue weighted by Crippen LogP contribution is -2.60. The minimum absolute atomic E-state index is 0.0537. The molecule has 14 heteroatoms. The summed E-state index contributed by atoms with van der Waals surface area (Å²) in [6.45, 7) is 12.6. The number of ketones is 1. The summed E-state index contributed by atoms with van der Waals surface area (Å²) in [5, 5.41) is -0.357. The number of likely N-dealkylation sites (tertiary alicyclic amines) is 1. The van der Waals surface area contributed by atoms with Crippen LogP contribution in [0.25, 0.3) is 0 Å². The fraction of sp³-hybridized carbons (Fsp3) is 0.727. The van der Waals surface area contributed by atoms with Crippen LogP contribution in [0.5, 0.6) is 0 Å². The van der Waals surface area contributed by atoms with Crippen molar-refractivity contribution in [3.05, 3.63) is 32.6 Å². The number of ether oxygens (including phenoxy) is 1. The average Bonchev–Trinajstić information content (AvgIpc) is 3.12. The molecule has 3 rings (SSSR count). The standard InChI is InChI=1S/C22H35N3O9SSi/c1-13-11-25(20(29)23-17(13)27)18-16(33-36(7,8)21(3,4)5)22(34-35(6,30)31)15(32-18)12-24(19(22)28)10-9-14(2)26/h11,15-16,18H,9-10,12H2,1-8H3,(H,23,27,29)/t15-,16+,18-,22-/m1/s1. The monoisotopic (exact) mass is 545 g/mol. The van der Waals surface area contributed by atoms with Gasteiger partial charge in [-0.3, -0.25) is 23.9 Å². The van der Waals surface area contributed by atoms with Crippen LogP contribution < -0.4 is 11.2 Å². The first kappa shape index (κ1) is 28.4. The van der Waals surface area contributed by atoms with E-state index in [1.54, 1.807) is 0 Å². The summed E-state index contributed by atoms with van der Waals surface area (Å²) < 4.78 is 44.5. The summed E-state index contributed by atoms with van der Waals surface area (Å²) in [4.78, 5) is 53.8. The van der Waals surface area contributed by atoms with E-state index in [2.05, 4.69) is 4.98 Å². The number of Topliss-reactive ketones (excluding diaryl/α,β-unsaturated/α-hetero) is 1. The number of hydrogen-bond donors (Lipinski definition) is 1. The molecule has 4 atom stereocenters. The maximum atomic E-state index is 13.9. The van der Waals surface area contributed by atoms with Gasteiger partial charge in [0.2, 0.25) is 5.60 Å². The topological polar surface area (TPSA) is 154 Å². The number of rotatable bonds is 8. The lowest BCUT2D eigenvalue weighted by molar-refractivity contribution is -0.148. The highest BCUT2D eigenvalue weighted by atomic mass is 32.2. The van der Waals surface area contributed by atoms with E-state index in [0.717, 1.165) is 10.8 Å². The number of aromatic nitrogens is 2. The number of nitrogens with one attached hydrogen (secondary N) is 1. The highest BCUT2D eigenvalue weighted by Crippen LogP contribution is 2.50. The van der Waals surface area contributed by atoms with Crippen LogP contribution in [-0.4, -0.2) is 80.0 Å². The van der Waals surface area contributed by atoms with Crippen LogP contribution in [0, 0.1) is 6.92 Å². The largest absolute Gasteiger partial charge is 0.406 e. The van der Waals surface area contributed by atoms with Crippen molar-refractivity contribution in [2.24, 2.45) is 0 Å². The molecule has 0 aliphatic carbocycles. The van der Waals surface area contributed by atoms with E-state index in [-0.39, 0.29) is 35.9 Å². The predicted molar refractivity (Wildman–Crippen MR) is 133 cm³/mol. The Kier molecular flexibility index (Phi) is 7.36. The molecule has 1 amide bonds. The summed E-state index contributed by atoms with van der Waals surface area (Å²) in [5.74, 6) is -0.833. The van der Waals surface area contributed by atoms with Crippen LogP contribution >= 0.6 is 0 Å². The summed E-state index contributed by atoms with van der Waals surface area (Å²) in [5.41, 5.74) is -3.28. The van der Waals surface area contributed by atoms with E-state index in [1.165, 1.54) is 24.9 Å². The van der Waals surface area contributed by atoms with Gasteiger partial charge in [-0.25, -0.2) is 8.98 Å². The lowest BCUT2D eigenvalue weighted by atomic mass is 9.94. The average molecular weight is 546 g/mol. The molecule has 3 heterocycles. The van der Waals surface area contributed by atoms with Gasteiger partial charge in [0.1, 0.15) is 18.0 Å². The maximum Gasteiger partial charge on any atom is 0.330 e. The summed E-state index contributed by atoms with van der Waals surface area (Å²) in [6.07, 6.45) is -1.52. The minimum Gasteiger partial charge on any atom is -0.406 e. The van der Waals surface area contributed by atoms with Crippen molar-refractivity contribution in [3.63, 3.8) is 0 Å². The molecule has 1 N–H and O–H groups in total. The highest BCUT2D eigenvalue weighted by Gasteiger charge is 2.71. The Morgan fingerprint density at radius 2 is 1.89 bits per heavy atom. The van der Waals surface area contributed by atoms with E-state index in [4.69, 9.17) is 13.3 Å². The fourth-order valence-electron chi connectivity index (χ4n) is 4.20. The van der Waals surface area contributed by atoms with Gasteiger partial charge in [0.15, 0.2) is 14.5 Å². The number of aryl methyl sites for hydroxylation is 1. The van der Waals surface area contributed by atoms with E-state index >= 15 is 0 Å². The van der Waals surface area contributed by atoms with Gasteiger partial charge in [-0.15, -0.1) is 0 Å². The molecule has 36 heavy (non-hydrogen) atoms. The molecule has 0 bridgehead atoms. The van der Waals surface area contributed by atoms with Crippen LogP contribution in [0.1, 0.15) is 45.9 Å². The third-order valence-electron chi connectivity index (χ3n) is 7.14. The maximum absolute atomic E-state index is 13.9. The quantitative estimate of drug-likeness (QED) is 0.367. The van der Waals surface area contributed by atoms with Crippen LogP contribution in [0.4, 0.5) is 0 Å². The van der Waals surface area contributed by atoms with Gasteiger partial charge in [0, 0.05) is 24.7 Å². The zero-order chi connectivity index (χ0) is 27.4. The van der Waals surface area contributed by atoms with Gasteiger partial charge >= 0.3 is 5.69 Å². The summed E-state index contributed by atoms with van der Waals surface area (Å²) in [6, 6.07) is 0. The molecule has 2 fully saturated rings. The van der Waals surface area contributed by atoms with Gasteiger partial charge in [-0.2, -0.15) is 8.42 Å². The second-order valence-corrected chi connectivity index (χ2v) is 17.4. The fourth-order valence-corrected chi connectivity index (χ4v) is 6.26. The Hall–Kier alpha value is -2.13. The van der Waals surface area contributed by atoms with Gasteiger partial charge in [0.05, 0.1) is 12.8 Å². The number of nitrogens with zero attached hydrogens (tertiary/aromatic N) is 2. The normalized spacial score (nSPS) is 26.9. The summed E-state index contributed by atoms with van der Waals surface area (Å²) >= 11 is 0. The molecule has 2 saturated heterocycles. The molecular formula is C22H35N3O9SSi. The molecule has 0 aromatic carbocycles. The molecule has 202 valence electrons. The SMILES string of the molecule is CC(=O)CCN1C[C@H]2O[C@@H](n3cc(C)c(=O)[nH]c3=O)[C@H](O[Si](C)(C)C(C)(C)C)[C@@]2(OS(C)(=O)=O)C1=O. The smallest absolute Gasteiger partial charge is 0.330 e. The van der Waals surface area contributed by atoms with Gasteiger partial charge < -0.3 is 14.1 Å². The molecule has 0 spiro atoms. The zero-order valence-electron chi connectivity index (χ0n) is 21.9. The number of aromatic amines is 1. The Balaban J connectivity index is 2.23. The predicted octanol–water partition coefficient (Wildman–Crippen LogP) is 0.669. The van der Waals surface area contributed by atoms with Crippen molar-refractivity contribution >= 4 is 30.1 Å². The number of hydrogen-bond acceptors (Lipinski definition) is 9. The van der Waals surface area contributed by atoms with E-state index < -0.39 is 59.6 Å². The molecule has 1 aromatic heterocycles. The number of carbonyl (C=O) groups is 2. The van der Waals surface area contributed by atoms with Crippen molar-refractivity contribution in [2.75, 3.05) is 19.3 Å². The van der Waals surface area contributed by atoms with Crippen molar-refractivity contribution in [1.82, 2.24) is 14.5 Å². The first-order valence-electron chi connectivity index (χ1n) is 11.6. The molecule has 0 unspecified atom stereocenters. The first-order chi connectivity index (χ1) is 16.3. The van der Waals surface area contributed by atoms with Crippen molar-refractivity contribution in [2.45, 2.75) is 83.2 Å². The summed E-state index contributed by atoms with van der Waals surface area (Å²) in [7, 11) is -6.94. The first-order valence-corrected chi connectivity index (χ1v) is 16.4. The number of H-pyrrole nitrogens is 1. The van der Waals surface area contributed by atoms with E-state index in [0.29, 0.717) is 0 Å². The molecule has 0 saturated carbocycles. The third kappa shape index (κ3) is 5.14. The number of carbonyl (C=O) groups excluding carboxylic acids is 2. The number of fused-ring (bicyclic) bond motifs is 1. The lowest BCUT2D eigenvalue weighted by Gasteiger charge is -2.42. The van der Waals surface area contributed by atoms with Crippen LogP contribution in [0.2, 0.25) is 18.1 Å². The molecule has 12 nitrogen and oxygen atoms in total. The zero-order valence-corrected chi connectivity index (χ0v) is 23.7. The van der Waals surface area contributed by atoms with Gasteiger partial charge in [-0.1, -0.05) is 20.8 Å². The van der Waals surface area contributed by atoms with E-state index in [1.807, 2.05) is 33.9 Å². The Morgan fingerprint density at radius 3 is 2.42 bits per heavy atom. The highest BCUT2D eigenvalue weighted by molar-refractivity contribution is 7.86. The van der Waals surface area contributed by atoms with E-state index in [9.17, 15) is 27.6 Å². The Morgan fingerprint density at radius 1 is 1.28 bits per heavy atom. The van der Waals surface area contributed by atoms with Gasteiger partial charge in [-0.05, 0) is 32.0 Å². The third-order valence-corrected chi connectivity index (χ3v) is 12.2. The molecule has 1 aromatic rings. The second-order valence-electron chi connectivity index (χ2n) is 11.1. The number of amides is 1. The molecular weight excluding hydrogens is 510 g/mol. The van der Waals surface area contributed by atoms with Crippen molar-refractivity contribution in [1.29, 1.82) is 0 Å². The van der Waals surface area contributed by atoms with Crippen LogP contribution in [0.15, 0.2) is 15.8 Å². The van der Waals surface area contributed by atoms with Crippen molar-refractivity contribution in [3.8, 4) is 0 Å². The van der Waals surface area contributed by atoms with Crippen LogP contribution in [0.3, 0.4) is 0 Å². The molecule has 0 radical (unpaired) electrons. The minimum atomic E-state index is -4.22. The Labute approximate surface area is 211 Å². The van der Waals surface area contributed by atoms with Crippen molar-refractivity contribution < 1.29 is 31.4 Å². The van der Waals surface area contributed by atoms with Crippen LogP contribution in [-0.2, 0) is 33.1 Å². The molecule has 2 aliphatic heterocycles. The second kappa shape index (κ2) is 9.31. The molecule has 2 aliphatic rings.